The second-order valence-electron chi connectivity index (χ2n) is 6.63. The molecule has 0 unspecified atom stereocenters. The molecule has 4 heteroatoms. The fourth-order valence-electron chi connectivity index (χ4n) is 2.60. The normalized spacial score (nSPS) is 11.4. The lowest BCUT2D eigenvalue weighted by Crippen LogP contribution is -2.12. The van der Waals surface area contributed by atoms with Gasteiger partial charge >= 0.3 is 0 Å². The monoisotopic (exact) mass is 368 g/mol. The number of hydrogen-bond donors (Lipinski definition) is 1. The Morgan fingerprint density at radius 2 is 1.30 bits per heavy atom. The molecule has 0 saturated carbocycles. The zero-order valence-electron chi connectivity index (χ0n) is 16.6. The summed E-state index contributed by atoms with van der Waals surface area (Å²) in [5, 5.41) is 0. The van der Waals surface area contributed by atoms with E-state index >= 15 is 0 Å². The van der Waals surface area contributed by atoms with Crippen molar-refractivity contribution >= 4 is 11.5 Å². The molecular formula is C23H32N2O2. The highest BCUT2D eigenvalue weighted by atomic mass is 16.5. The zero-order chi connectivity index (χ0) is 19.3. The third-order valence-electron chi connectivity index (χ3n) is 4.27. The van der Waals surface area contributed by atoms with Crippen molar-refractivity contribution in [3.63, 3.8) is 0 Å². The molecule has 0 aliphatic heterocycles. The van der Waals surface area contributed by atoms with Crippen LogP contribution in [0.25, 0.3) is 0 Å². The van der Waals surface area contributed by atoms with Crippen LogP contribution in [0.2, 0.25) is 0 Å². The van der Waals surface area contributed by atoms with E-state index in [4.69, 9.17) is 15.2 Å². The van der Waals surface area contributed by atoms with Crippen LogP contribution < -0.4 is 15.2 Å². The number of rotatable bonds is 12. The number of ether oxygens (including phenoxy) is 2. The molecule has 0 aliphatic carbocycles. The number of benzene rings is 2. The fraction of sp³-hybridized carbons (Fsp3) is 0.435. The fourth-order valence-corrected chi connectivity index (χ4v) is 2.60. The highest BCUT2D eigenvalue weighted by Gasteiger charge is 2.01. The standard InChI is InChI=1S/C23H32N2O2/c1-3-5-7-8-18-27-22-15-11-20(12-16-22)25-23(24)19-9-13-21(14-10-19)26-17-6-4-2/h9-16H,3-8,17-18H2,1-2H3,(H2,24,25). The Balaban J connectivity index is 1.87. The summed E-state index contributed by atoms with van der Waals surface area (Å²) < 4.78 is 11.4. The summed E-state index contributed by atoms with van der Waals surface area (Å²) in [6.07, 6.45) is 7.01. The lowest BCUT2D eigenvalue weighted by Gasteiger charge is -2.07. The van der Waals surface area contributed by atoms with E-state index < -0.39 is 0 Å². The van der Waals surface area contributed by atoms with Crippen LogP contribution in [0.3, 0.4) is 0 Å². The van der Waals surface area contributed by atoms with Gasteiger partial charge in [-0.3, -0.25) is 0 Å². The van der Waals surface area contributed by atoms with Crippen LogP contribution in [0.1, 0.15) is 57.9 Å². The van der Waals surface area contributed by atoms with Gasteiger partial charge in [-0.2, -0.15) is 0 Å². The molecule has 2 rings (SSSR count). The summed E-state index contributed by atoms with van der Waals surface area (Å²) in [4.78, 5) is 4.49. The van der Waals surface area contributed by atoms with Gasteiger partial charge in [-0.1, -0.05) is 39.5 Å². The molecule has 146 valence electrons. The van der Waals surface area contributed by atoms with E-state index in [1.54, 1.807) is 0 Å². The summed E-state index contributed by atoms with van der Waals surface area (Å²) >= 11 is 0. The van der Waals surface area contributed by atoms with Crippen LogP contribution in [0.15, 0.2) is 53.5 Å². The minimum atomic E-state index is 0.489. The highest BCUT2D eigenvalue weighted by Crippen LogP contribution is 2.20. The Morgan fingerprint density at radius 3 is 1.89 bits per heavy atom. The second kappa shape index (κ2) is 12.0. The summed E-state index contributed by atoms with van der Waals surface area (Å²) in [6, 6.07) is 15.5. The maximum Gasteiger partial charge on any atom is 0.131 e. The lowest BCUT2D eigenvalue weighted by atomic mass is 10.2. The summed E-state index contributed by atoms with van der Waals surface area (Å²) in [7, 11) is 0. The van der Waals surface area contributed by atoms with Crippen LogP contribution >= 0.6 is 0 Å². The van der Waals surface area contributed by atoms with Gasteiger partial charge < -0.3 is 15.2 Å². The van der Waals surface area contributed by atoms with E-state index in [2.05, 4.69) is 18.8 Å². The molecule has 0 amide bonds. The van der Waals surface area contributed by atoms with E-state index in [-0.39, 0.29) is 0 Å². The molecule has 2 aromatic rings. The Morgan fingerprint density at radius 1 is 0.741 bits per heavy atom. The van der Waals surface area contributed by atoms with E-state index in [1.165, 1.54) is 19.3 Å². The van der Waals surface area contributed by atoms with Crippen LogP contribution in [0.4, 0.5) is 5.69 Å². The topological polar surface area (TPSA) is 56.8 Å². The molecule has 0 spiro atoms. The minimum Gasteiger partial charge on any atom is -0.494 e. The van der Waals surface area contributed by atoms with Gasteiger partial charge in [0.15, 0.2) is 0 Å². The maximum atomic E-state index is 6.14. The van der Waals surface area contributed by atoms with Crippen molar-refractivity contribution in [2.45, 2.75) is 52.4 Å². The molecule has 0 fully saturated rings. The molecule has 0 bridgehead atoms. The van der Waals surface area contributed by atoms with Gasteiger partial charge in [0.1, 0.15) is 17.3 Å². The van der Waals surface area contributed by atoms with E-state index in [9.17, 15) is 0 Å². The van der Waals surface area contributed by atoms with Gasteiger partial charge in [0.2, 0.25) is 0 Å². The minimum absolute atomic E-state index is 0.489. The van der Waals surface area contributed by atoms with Crippen LogP contribution in [-0.2, 0) is 0 Å². The van der Waals surface area contributed by atoms with E-state index in [0.29, 0.717) is 5.84 Å². The third-order valence-corrected chi connectivity index (χ3v) is 4.27. The summed E-state index contributed by atoms with van der Waals surface area (Å²) in [6.45, 7) is 5.86. The van der Waals surface area contributed by atoms with Crippen molar-refractivity contribution in [2.75, 3.05) is 13.2 Å². The van der Waals surface area contributed by atoms with Crippen LogP contribution in [0, 0.1) is 0 Å². The summed E-state index contributed by atoms with van der Waals surface area (Å²) in [5.74, 6) is 2.22. The molecule has 0 aromatic heterocycles. The molecule has 27 heavy (non-hydrogen) atoms. The second-order valence-corrected chi connectivity index (χ2v) is 6.63. The molecule has 2 aromatic carbocycles. The molecule has 0 atom stereocenters. The first-order chi connectivity index (χ1) is 13.2. The molecular weight excluding hydrogens is 336 g/mol. The smallest absolute Gasteiger partial charge is 0.131 e. The van der Waals surface area contributed by atoms with Crippen LogP contribution in [-0.4, -0.2) is 19.0 Å². The Bertz CT molecular complexity index is 679. The molecule has 2 N–H and O–H groups in total. The maximum absolute atomic E-state index is 6.14. The Labute approximate surface area is 163 Å². The van der Waals surface area contributed by atoms with Gasteiger partial charge in [0.25, 0.3) is 0 Å². The van der Waals surface area contributed by atoms with Crippen molar-refractivity contribution < 1.29 is 9.47 Å². The van der Waals surface area contributed by atoms with Crippen molar-refractivity contribution in [3.8, 4) is 11.5 Å². The predicted molar refractivity (Wildman–Crippen MR) is 113 cm³/mol. The highest BCUT2D eigenvalue weighted by molar-refractivity contribution is 5.99. The van der Waals surface area contributed by atoms with E-state index in [1.807, 2.05) is 48.5 Å². The number of amidine groups is 1. The molecule has 0 aliphatic rings. The molecule has 4 nitrogen and oxygen atoms in total. The van der Waals surface area contributed by atoms with Crippen molar-refractivity contribution in [3.05, 3.63) is 54.1 Å². The zero-order valence-corrected chi connectivity index (χ0v) is 16.6. The molecule has 0 radical (unpaired) electrons. The number of aliphatic imine (C=N–C) groups is 1. The van der Waals surface area contributed by atoms with Gasteiger partial charge in [0, 0.05) is 5.56 Å². The lowest BCUT2D eigenvalue weighted by molar-refractivity contribution is 0.305. The van der Waals surface area contributed by atoms with Crippen molar-refractivity contribution in [1.82, 2.24) is 0 Å². The third kappa shape index (κ3) is 7.73. The SMILES string of the molecule is CCCCCCOc1ccc(N=C(N)c2ccc(OCCCC)cc2)cc1. The van der Waals surface area contributed by atoms with Gasteiger partial charge in [-0.05, 0) is 61.4 Å². The average molecular weight is 369 g/mol. The average Bonchev–Trinajstić information content (AvgIpc) is 2.70. The Kier molecular flexibility index (Phi) is 9.25. The van der Waals surface area contributed by atoms with Gasteiger partial charge in [0.05, 0.1) is 18.9 Å². The number of nitrogens with zero attached hydrogens (tertiary/aromatic N) is 1. The first-order valence-electron chi connectivity index (χ1n) is 10.0. The molecule has 0 heterocycles. The summed E-state index contributed by atoms with van der Waals surface area (Å²) in [5.41, 5.74) is 7.84. The number of unbranched alkanes of at least 4 members (excludes halogenated alkanes) is 4. The predicted octanol–water partition coefficient (Wildman–Crippen LogP) is 5.86. The largest absolute Gasteiger partial charge is 0.494 e. The van der Waals surface area contributed by atoms with Crippen molar-refractivity contribution in [2.24, 2.45) is 10.7 Å². The quantitative estimate of drug-likeness (QED) is 0.290. The first kappa shape index (κ1) is 20.8. The first-order valence-corrected chi connectivity index (χ1v) is 10.0. The van der Waals surface area contributed by atoms with Gasteiger partial charge in [-0.15, -0.1) is 0 Å². The number of nitrogens with two attached hydrogens (primary N) is 1. The number of hydrogen-bond acceptors (Lipinski definition) is 3. The molecule has 0 saturated heterocycles. The Hall–Kier alpha value is -2.49. The van der Waals surface area contributed by atoms with Crippen LogP contribution in [0.5, 0.6) is 11.5 Å². The van der Waals surface area contributed by atoms with E-state index in [0.717, 1.165) is 55.2 Å². The van der Waals surface area contributed by atoms with Gasteiger partial charge in [-0.25, -0.2) is 4.99 Å². The van der Waals surface area contributed by atoms with Crippen molar-refractivity contribution in [1.29, 1.82) is 0 Å².